The summed E-state index contributed by atoms with van der Waals surface area (Å²) in [5.74, 6) is -0.865. The normalized spacial score (nSPS) is 12.4. The Morgan fingerprint density at radius 1 is 0.276 bits per heavy atom. The Morgan fingerprint density at radius 2 is 0.513 bits per heavy atom. The molecule has 0 aromatic rings. The molecule has 0 radical (unpaired) electrons. The van der Waals surface area contributed by atoms with E-state index in [4.69, 9.17) is 14.2 Å². The Bertz CT molecular complexity index is 1360. The van der Waals surface area contributed by atoms with Crippen LogP contribution in [0, 0.1) is 0 Å². The molecular weight excluding hydrogens is 937 g/mol. The third-order valence-electron chi connectivity index (χ3n) is 14.8. The lowest BCUT2D eigenvalue weighted by Crippen LogP contribution is -2.30. The van der Waals surface area contributed by atoms with E-state index >= 15 is 0 Å². The first-order valence-electron chi connectivity index (χ1n) is 33.3. The lowest BCUT2D eigenvalue weighted by atomic mass is 10.0. The molecule has 1 atom stereocenters. The fourth-order valence-corrected chi connectivity index (χ4v) is 9.79. The molecule has 0 rings (SSSR count). The standard InChI is InChI=1S/C70H126O6/c1-4-7-10-13-16-19-22-25-28-31-33-34-35-36-37-40-42-45-48-51-54-57-60-63-69(72)75-66-67(65-74-68(71)62-59-56-53-50-47-44-41-38-30-27-24-21-18-15-12-9-6-3)76-70(73)64-61-58-55-52-49-46-43-39-32-29-26-23-20-17-14-11-8-5-2/h9,12,18,21-22,25,27,30-31,33,67H,4-8,10-11,13-17,19-20,23-24,26,28-29,32,34-66H2,1-3H3/b12-9-,21-18-,25-22-,30-27-,33-31-. The molecule has 0 aliphatic heterocycles. The zero-order valence-electron chi connectivity index (χ0n) is 50.8. The van der Waals surface area contributed by atoms with E-state index in [0.29, 0.717) is 19.3 Å². The topological polar surface area (TPSA) is 78.9 Å². The summed E-state index contributed by atoms with van der Waals surface area (Å²) >= 11 is 0. The van der Waals surface area contributed by atoms with Gasteiger partial charge in [-0.1, -0.05) is 306 Å². The van der Waals surface area contributed by atoms with Crippen molar-refractivity contribution in [3.8, 4) is 0 Å². The van der Waals surface area contributed by atoms with E-state index in [1.807, 2.05) is 0 Å². The van der Waals surface area contributed by atoms with Crippen molar-refractivity contribution in [1.82, 2.24) is 0 Å². The first-order chi connectivity index (χ1) is 37.5. The molecule has 0 aromatic heterocycles. The van der Waals surface area contributed by atoms with Crippen LogP contribution in [0.3, 0.4) is 0 Å². The molecule has 0 N–H and O–H groups in total. The number of unbranched alkanes of at least 4 members (excludes halogenated alkanes) is 40. The third-order valence-corrected chi connectivity index (χ3v) is 14.8. The van der Waals surface area contributed by atoms with Crippen LogP contribution >= 0.6 is 0 Å². The van der Waals surface area contributed by atoms with Gasteiger partial charge in [0, 0.05) is 19.3 Å². The number of carbonyl (C=O) groups excluding carboxylic acids is 3. The maximum atomic E-state index is 12.9. The van der Waals surface area contributed by atoms with Crippen molar-refractivity contribution < 1.29 is 28.6 Å². The second kappa shape index (κ2) is 64.6. The Morgan fingerprint density at radius 3 is 0.803 bits per heavy atom. The van der Waals surface area contributed by atoms with Gasteiger partial charge in [-0.15, -0.1) is 0 Å². The molecule has 1 unspecified atom stereocenters. The average Bonchev–Trinajstić information content (AvgIpc) is 3.42. The Hall–Kier alpha value is -2.89. The predicted octanol–water partition coefficient (Wildman–Crippen LogP) is 22.7. The van der Waals surface area contributed by atoms with Crippen molar-refractivity contribution in [2.24, 2.45) is 0 Å². The minimum atomic E-state index is -0.779. The Kier molecular flexibility index (Phi) is 62.2. The molecular formula is C70H126O6. The molecule has 442 valence electrons. The first kappa shape index (κ1) is 73.1. The van der Waals surface area contributed by atoms with Crippen LogP contribution in [0.15, 0.2) is 60.8 Å². The van der Waals surface area contributed by atoms with Crippen LogP contribution in [0.25, 0.3) is 0 Å². The lowest BCUT2D eigenvalue weighted by Gasteiger charge is -2.18. The zero-order chi connectivity index (χ0) is 55.0. The van der Waals surface area contributed by atoms with Crippen LogP contribution in [0.5, 0.6) is 0 Å². The number of carbonyl (C=O) groups is 3. The Balaban J connectivity index is 4.33. The molecule has 76 heavy (non-hydrogen) atoms. The highest BCUT2D eigenvalue weighted by Crippen LogP contribution is 2.17. The van der Waals surface area contributed by atoms with Crippen LogP contribution < -0.4 is 0 Å². The van der Waals surface area contributed by atoms with E-state index in [9.17, 15) is 14.4 Å². The monoisotopic (exact) mass is 1060 g/mol. The van der Waals surface area contributed by atoms with Gasteiger partial charge in [0.1, 0.15) is 13.2 Å². The van der Waals surface area contributed by atoms with E-state index in [1.54, 1.807) is 0 Å². The van der Waals surface area contributed by atoms with E-state index in [0.717, 1.165) is 89.9 Å². The quantitative estimate of drug-likeness (QED) is 0.0261. The molecule has 0 spiro atoms. The fraction of sp³-hybridized carbons (Fsp3) is 0.814. The number of hydrogen-bond donors (Lipinski definition) is 0. The number of hydrogen-bond acceptors (Lipinski definition) is 6. The fourth-order valence-electron chi connectivity index (χ4n) is 9.79. The van der Waals surface area contributed by atoms with Gasteiger partial charge in [-0.2, -0.15) is 0 Å². The van der Waals surface area contributed by atoms with Crippen molar-refractivity contribution >= 4 is 17.9 Å². The average molecular weight is 1060 g/mol. The van der Waals surface area contributed by atoms with Gasteiger partial charge in [-0.25, -0.2) is 0 Å². The second-order valence-corrected chi connectivity index (χ2v) is 22.4. The van der Waals surface area contributed by atoms with Crippen LogP contribution in [-0.2, 0) is 28.6 Å². The molecule has 0 heterocycles. The Labute approximate surface area is 472 Å². The molecule has 0 saturated carbocycles. The summed E-state index contributed by atoms with van der Waals surface area (Å²) < 4.78 is 17.0. The van der Waals surface area contributed by atoms with Gasteiger partial charge < -0.3 is 14.2 Å². The van der Waals surface area contributed by atoms with Crippen molar-refractivity contribution in [3.63, 3.8) is 0 Å². The molecule has 6 nitrogen and oxygen atoms in total. The molecule has 0 fully saturated rings. The van der Waals surface area contributed by atoms with Crippen LogP contribution in [0.1, 0.15) is 348 Å². The van der Waals surface area contributed by atoms with Gasteiger partial charge in [0.15, 0.2) is 6.10 Å². The van der Waals surface area contributed by atoms with Crippen LogP contribution in [-0.4, -0.2) is 37.2 Å². The number of ether oxygens (including phenoxy) is 3. The molecule has 0 amide bonds. The van der Waals surface area contributed by atoms with Gasteiger partial charge in [-0.3, -0.25) is 14.4 Å². The smallest absolute Gasteiger partial charge is 0.306 e. The molecule has 0 aliphatic rings. The van der Waals surface area contributed by atoms with Gasteiger partial charge in [0.25, 0.3) is 0 Å². The summed E-state index contributed by atoms with van der Waals surface area (Å²) in [6, 6.07) is 0. The molecule has 0 saturated heterocycles. The third kappa shape index (κ3) is 62.0. The van der Waals surface area contributed by atoms with Crippen molar-refractivity contribution in [2.75, 3.05) is 13.2 Å². The molecule has 0 aromatic carbocycles. The van der Waals surface area contributed by atoms with E-state index in [2.05, 4.69) is 81.5 Å². The first-order valence-corrected chi connectivity index (χ1v) is 33.3. The molecule has 0 bridgehead atoms. The summed E-state index contributed by atoms with van der Waals surface area (Å²) in [5, 5.41) is 0. The summed E-state index contributed by atoms with van der Waals surface area (Å²) in [6.45, 7) is 6.57. The zero-order valence-corrected chi connectivity index (χ0v) is 50.8. The maximum Gasteiger partial charge on any atom is 0.306 e. The summed E-state index contributed by atoms with van der Waals surface area (Å²) in [4.78, 5) is 38.4. The predicted molar refractivity (Wildman–Crippen MR) is 330 cm³/mol. The number of rotatable bonds is 61. The summed E-state index contributed by atoms with van der Waals surface area (Å²) in [5.41, 5.74) is 0. The lowest BCUT2D eigenvalue weighted by molar-refractivity contribution is -0.167. The van der Waals surface area contributed by atoms with Crippen LogP contribution in [0.4, 0.5) is 0 Å². The highest BCUT2D eigenvalue weighted by atomic mass is 16.6. The van der Waals surface area contributed by atoms with Crippen molar-refractivity contribution in [1.29, 1.82) is 0 Å². The second-order valence-electron chi connectivity index (χ2n) is 22.4. The maximum absolute atomic E-state index is 12.9. The van der Waals surface area contributed by atoms with Gasteiger partial charge in [0.05, 0.1) is 0 Å². The van der Waals surface area contributed by atoms with Gasteiger partial charge >= 0.3 is 17.9 Å². The molecule has 6 heteroatoms. The SMILES string of the molecule is CC/C=C\C/C=C\C/C=C\CCCCCCCCCC(=O)OCC(COC(=O)CCCCCCCCCCCCC/C=C\C/C=C\CCCCCCC)OC(=O)CCCCCCCCCCCCCCCCCCCC. The minimum Gasteiger partial charge on any atom is -0.462 e. The summed E-state index contributed by atoms with van der Waals surface area (Å²) in [7, 11) is 0. The highest BCUT2D eigenvalue weighted by molar-refractivity contribution is 5.71. The van der Waals surface area contributed by atoms with Crippen molar-refractivity contribution in [2.45, 2.75) is 354 Å². The van der Waals surface area contributed by atoms with E-state index in [1.165, 1.54) is 218 Å². The van der Waals surface area contributed by atoms with Gasteiger partial charge in [-0.05, 0) is 83.5 Å². The highest BCUT2D eigenvalue weighted by Gasteiger charge is 2.19. The minimum absolute atomic E-state index is 0.0750. The largest absolute Gasteiger partial charge is 0.462 e. The number of allylic oxidation sites excluding steroid dienone is 10. The van der Waals surface area contributed by atoms with Crippen molar-refractivity contribution in [3.05, 3.63) is 60.8 Å². The van der Waals surface area contributed by atoms with Gasteiger partial charge in [0.2, 0.25) is 0 Å². The number of esters is 3. The van der Waals surface area contributed by atoms with Crippen LogP contribution in [0.2, 0.25) is 0 Å². The molecule has 0 aliphatic carbocycles. The summed E-state index contributed by atoms with van der Waals surface area (Å²) in [6.07, 6.45) is 82.3. The van der Waals surface area contributed by atoms with E-state index in [-0.39, 0.29) is 31.1 Å². The van der Waals surface area contributed by atoms with E-state index < -0.39 is 6.10 Å².